The van der Waals surface area contributed by atoms with Crippen LogP contribution < -0.4 is 15.5 Å². The fourth-order valence-electron chi connectivity index (χ4n) is 5.11. The number of pyridine rings is 1. The Bertz CT molecular complexity index is 1180. The first kappa shape index (κ1) is 23.3. The molecule has 0 unspecified atom stereocenters. The maximum absolute atomic E-state index is 11.5. The van der Waals surface area contributed by atoms with Crippen molar-refractivity contribution in [2.75, 3.05) is 43.6 Å². The highest BCUT2D eigenvalue weighted by Crippen LogP contribution is 2.33. The van der Waals surface area contributed by atoms with Gasteiger partial charge in [-0.15, -0.1) is 0 Å². The number of fused-ring (bicyclic) bond motifs is 1. The predicted octanol–water partition coefficient (Wildman–Crippen LogP) is 4.74. The maximum atomic E-state index is 11.5. The number of nitrogens with one attached hydrogen (secondary N) is 2. The van der Waals surface area contributed by atoms with Crippen LogP contribution in [0.15, 0.2) is 60.9 Å². The van der Waals surface area contributed by atoms with Crippen molar-refractivity contribution in [3.63, 3.8) is 0 Å². The van der Waals surface area contributed by atoms with E-state index in [4.69, 9.17) is 4.74 Å². The van der Waals surface area contributed by atoms with Gasteiger partial charge in [0.2, 0.25) is 0 Å². The van der Waals surface area contributed by atoms with Crippen LogP contribution in [0.25, 0.3) is 0 Å². The Morgan fingerprint density at radius 1 is 1.14 bits per heavy atom. The van der Waals surface area contributed by atoms with Gasteiger partial charge in [0.05, 0.1) is 17.4 Å². The van der Waals surface area contributed by atoms with E-state index in [-0.39, 0.29) is 11.6 Å². The molecule has 5 rings (SSSR count). The number of anilines is 3. The normalized spacial score (nSPS) is 18.0. The predicted molar refractivity (Wildman–Crippen MR) is 138 cm³/mol. The summed E-state index contributed by atoms with van der Waals surface area (Å²) in [6.07, 6.45) is 6.23. The summed E-state index contributed by atoms with van der Waals surface area (Å²) >= 11 is 0. The van der Waals surface area contributed by atoms with Crippen LogP contribution in [0.1, 0.15) is 51.8 Å². The summed E-state index contributed by atoms with van der Waals surface area (Å²) in [7, 11) is 2.11. The number of aromatic carboxylic acids is 1. The Hall–Kier alpha value is -3.42. The summed E-state index contributed by atoms with van der Waals surface area (Å²) < 4.78 is 5.50. The average molecular weight is 473 g/mol. The maximum Gasteiger partial charge on any atom is 0.337 e. The quantitative estimate of drug-likeness (QED) is 0.458. The van der Waals surface area contributed by atoms with Crippen molar-refractivity contribution in [2.24, 2.45) is 0 Å². The van der Waals surface area contributed by atoms with Crippen molar-refractivity contribution >= 4 is 23.0 Å². The van der Waals surface area contributed by atoms with Crippen molar-refractivity contribution < 1.29 is 14.6 Å². The zero-order valence-corrected chi connectivity index (χ0v) is 20.0. The lowest BCUT2D eigenvalue weighted by Crippen LogP contribution is -2.34. The lowest BCUT2D eigenvalue weighted by Gasteiger charge is -2.30. The molecule has 1 atom stereocenters. The molecule has 0 aliphatic carbocycles. The first-order chi connectivity index (χ1) is 17.1. The van der Waals surface area contributed by atoms with E-state index in [0.29, 0.717) is 18.2 Å². The first-order valence-electron chi connectivity index (χ1n) is 12.3. The van der Waals surface area contributed by atoms with Gasteiger partial charge in [-0.05, 0) is 78.7 Å². The lowest BCUT2D eigenvalue weighted by atomic mass is 9.91. The van der Waals surface area contributed by atoms with E-state index < -0.39 is 5.97 Å². The van der Waals surface area contributed by atoms with Gasteiger partial charge in [0.25, 0.3) is 0 Å². The van der Waals surface area contributed by atoms with Crippen molar-refractivity contribution in [3.05, 3.63) is 83.2 Å². The zero-order chi connectivity index (χ0) is 24.2. The minimum atomic E-state index is -0.958. The van der Waals surface area contributed by atoms with Gasteiger partial charge in [-0.2, -0.15) is 0 Å². The Morgan fingerprint density at radius 3 is 2.69 bits per heavy atom. The van der Waals surface area contributed by atoms with Crippen LogP contribution in [0, 0.1) is 0 Å². The Morgan fingerprint density at radius 2 is 1.91 bits per heavy atom. The molecule has 3 heterocycles. The second-order valence-corrected chi connectivity index (χ2v) is 9.28. The number of carboxylic acids is 1. The van der Waals surface area contributed by atoms with E-state index >= 15 is 0 Å². The molecule has 2 aliphatic rings. The summed E-state index contributed by atoms with van der Waals surface area (Å²) in [6, 6.07) is 17.2. The number of hydrogen-bond donors (Lipinski definition) is 3. The van der Waals surface area contributed by atoms with Crippen molar-refractivity contribution in [3.8, 4) is 0 Å². The molecule has 0 amide bonds. The molecule has 182 valence electrons. The molecule has 7 heteroatoms. The van der Waals surface area contributed by atoms with Crippen molar-refractivity contribution in [1.29, 1.82) is 0 Å². The molecule has 7 nitrogen and oxygen atoms in total. The highest BCUT2D eigenvalue weighted by molar-refractivity contribution is 5.93. The molecule has 3 N–H and O–H groups in total. The zero-order valence-electron chi connectivity index (χ0n) is 20.0. The Balaban J connectivity index is 1.29. The number of carboxylic acid groups (broad SMARTS) is 1. The SMILES string of the molecule is CN(c1ccc(C2CCOCC2)cc1)c1ccc2c(c1)CCN[C@H]2CNc1cnccc1C(=O)O. The van der Waals surface area contributed by atoms with Crippen molar-refractivity contribution in [1.82, 2.24) is 10.3 Å². The summed E-state index contributed by atoms with van der Waals surface area (Å²) in [5, 5.41) is 16.3. The van der Waals surface area contributed by atoms with Gasteiger partial charge in [-0.25, -0.2) is 4.79 Å². The van der Waals surface area contributed by atoms with Crippen molar-refractivity contribution in [2.45, 2.75) is 31.2 Å². The van der Waals surface area contributed by atoms with Gasteiger partial charge < -0.3 is 25.4 Å². The minimum Gasteiger partial charge on any atom is -0.478 e. The molecule has 2 aromatic carbocycles. The van der Waals surface area contributed by atoms with Crippen LogP contribution in [0.4, 0.5) is 17.1 Å². The number of carbonyl (C=O) groups is 1. The second kappa shape index (κ2) is 10.5. The molecule has 2 aliphatic heterocycles. The van der Waals surface area contributed by atoms with Crippen LogP contribution in [-0.2, 0) is 11.2 Å². The Labute approximate surface area is 206 Å². The molecule has 3 aromatic rings. The summed E-state index contributed by atoms with van der Waals surface area (Å²) in [4.78, 5) is 17.8. The van der Waals surface area contributed by atoms with Gasteiger partial charge in [-0.3, -0.25) is 4.98 Å². The van der Waals surface area contributed by atoms with Gasteiger partial charge >= 0.3 is 5.97 Å². The van der Waals surface area contributed by atoms with E-state index in [1.54, 1.807) is 6.20 Å². The number of nitrogens with zero attached hydrogens (tertiary/aromatic N) is 2. The number of benzene rings is 2. The molecule has 1 fully saturated rings. The fourth-order valence-corrected chi connectivity index (χ4v) is 5.11. The van der Waals surface area contributed by atoms with E-state index in [1.807, 2.05) is 0 Å². The highest BCUT2D eigenvalue weighted by Gasteiger charge is 2.22. The number of rotatable bonds is 7. The Kier molecular flexibility index (Phi) is 6.97. The first-order valence-corrected chi connectivity index (χ1v) is 12.3. The number of aromatic nitrogens is 1. The summed E-state index contributed by atoms with van der Waals surface area (Å²) in [6.45, 7) is 3.18. The minimum absolute atomic E-state index is 0.0960. The molecular formula is C28H32N4O3. The molecule has 35 heavy (non-hydrogen) atoms. The molecule has 1 saturated heterocycles. The van der Waals surface area contributed by atoms with Gasteiger partial charge in [0.15, 0.2) is 0 Å². The number of ether oxygens (including phenoxy) is 1. The van der Waals surface area contributed by atoms with E-state index in [0.717, 1.165) is 44.7 Å². The van der Waals surface area contributed by atoms with E-state index in [2.05, 4.69) is 70.0 Å². The molecule has 0 radical (unpaired) electrons. The van der Waals surface area contributed by atoms with Crippen LogP contribution in [0.2, 0.25) is 0 Å². The monoisotopic (exact) mass is 472 g/mol. The van der Waals surface area contributed by atoms with Gasteiger partial charge in [0, 0.05) is 50.4 Å². The molecule has 0 saturated carbocycles. The topological polar surface area (TPSA) is 86.7 Å². The second-order valence-electron chi connectivity index (χ2n) is 9.28. The standard InChI is InChI=1S/C28H32N4O3/c1-32(22-4-2-19(3-5-22)20-10-14-35-15-11-20)23-6-7-24-21(16-23)8-13-30-27(24)18-31-26-17-29-12-9-25(26)28(33)34/h2-7,9,12,16-17,20,27,30-31H,8,10-11,13-15,18H2,1H3,(H,33,34)/t27-/m0/s1. The largest absolute Gasteiger partial charge is 0.478 e. The van der Waals surface area contributed by atoms with Crippen LogP contribution in [0.3, 0.4) is 0 Å². The molecule has 0 bridgehead atoms. The third-order valence-corrected chi connectivity index (χ3v) is 7.20. The van der Waals surface area contributed by atoms with Crippen LogP contribution in [0.5, 0.6) is 0 Å². The fraction of sp³-hybridized carbons (Fsp3) is 0.357. The lowest BCUT2D eigenvalue weighted by molar-refractivity contribution is 0.0697. The van der Waals surface area contributed by atoms with E-state index in [1.165, 1.54) is 34.6 Å². The third kappa shape index (κ3) is 5.16. The smallest absolute Gasteiger partial charge is 0.337 e. The molecule has 1 aromatic heterocycles. The average Bonchev–Trinajstić information content (AvgIpc) is 2.92. The highest BCUT2D eigenvalue weighted by atomic mass is 16.5. The van der Waals surface area contributed by atoms with E-state index in [9.17, 15) is 9.90 Å². The number of hydrogen-bond acceptors (Lipinski definition) is 6. The van der Waals surface area contributed by atoms with Gasteiger partial charge in [0.1, 0.15) is 0 Å². The molecular weight excluding hydrogens is 440 g/mol. The third-order valence-electron chi connectivity index (χ3n) is 7.20. The summed E-state index contributed by atoms with van der Waals surface area (Å²) in [5.74, 6) is -0.358. The van der Waals surface area contributed by atoms with Gasteiger partial charge in [-0.1, -0.05) is 18.2 Å². The van der Waals surface area contributed by atoms with Crippen LogP contribution >= 0.6 is 0 Å². The van der Waals surface area contributed by atoms with Crippen LogP contribution in [-0.4, -0.2) is 49.4 Å². The molecule has 0 spiro atoms. The summed E-state index contributed by atoms with van der Waals surface area (Å²) in [5.41, 5.74) is 7.07.